The maximum atomic E-state index is 12.6. The van der Waals surface area contributed by atoms with Crippen LogP contribution >= 0.6 is 0 Å². The van der Waals surface area contributed by atoms with Gasteiger partial charge in [-0.1, -0.05) is 0 Å². The van der Waals surface area contributed by atoms with Crippen molar-refractivity contribution in [2.24, 2.45) is 0 Å². The summed E-state index contributed by atoms with van der Waals surface area (Å²) in [6, 6.07) is 1.46. The average molecular weight is 305 g/mol. The van der Waals surface area contributed by atoms with Crippen LogP contribution < -0.4 is 4.74 Å². The normalized spacial score (nSPS) is 19.3. The van der Waals surface area contributed by atoms with E-state index in [2.05, 4.69) is 4.98 Å². The molecule has 1 saturated heterocycles. The van der Waals surface area contributed by atoms with Gasteiger partial charge in [0, 0.05) is 6.61 Å². The summed E-state index contributed by atoms with van der Waals surface area (Å²) in [5.41, 5.74) is -1.59. The zero-order valence-corrected chi connectivity index (χ0v) is 11.0. The molecule has 1 fully saturated rings. The van der Waals surface area contributed by atoms with E-state index in [0.717, 1.165) is 25.3 Å². The molecule has 21 heavy (non-hydrogen) atoms. The first kappa shape index (κ1) is 15.6. The summed E-state index contributed by atoms with van der Waals surface area (Å²) in [6.45, 7) is 0.546. The van der Waals surface area contributed by atoms with Crippen LogP contribution in [-0.2, 0) is 10.9 Å². The molecule has 0 spiro atoms. The molecule has 0 saturated carbocycles. The van der Waals surface area contributed by atoms with Gasteiger partial charge in [0.1, 0.15) is 17.9 Å². The number of alkyl halides is 3. The van der Waals surface area contributed by atoms with Crippen LogP contribution in [0.5, 0.6) is 5.88 Å². The maximum Gasteiger partial charge on any atom is 0.433 e. The second kappa shape index (κ2) is 6.30. The quantitative estimate of drug-likeness (QED) is 0.926. The lowest BCUT2D eigenvalue weighted by Crippen LogP contribution is -2.26. The number of nitrogens with zero attached hydrogens (tertiary/aromatic N) is 1. The van der Waals surface area contributed by atoms with Crippen molar-refractivity contribution in [3.63, 3.8) is 0 Å². The Morgan fingerprint density at radius 3 is 2.76 bits per heavy atom. The standard InChI is InChI=1S/C13H14F3NO4/c14-13(15,16)10-5-4-9(12(18)19)11(17-10)21-7-8-3-1-2-6-20-8/h4-5,8H,1-3,6-7H2,(H,18,19). The van der Waals surface area contributed by atoms with Crippen molar-refractivity contribution in [1.82, 2.24) is 4.98 Å². The first-order chi connectivity index (χ1) is 9.88. The third-order valence-corrected chi connectivity index (χ3v) is 3.06. The Balaban J connectivity index is 2.16. The van der Waals surface area contributed by atoms with Crippen LogP contribution in [0.1, 0.15) is 35.3 Å². The molecule has 2 heterocycles. The van der Waals surface area contributed by atoms with Gasteiger partial charge < -0.3 is 14.6 Å². The minimum absolute atomic E-state index is 0.0193. The van der Waals surface area contributed by atoms with Crippen LogP contribution in [-0.4, -0.2) is 35.4 Å². The summed E-state index contributed by atoms with van der Waals surface area (Å²) >= 11 is 0. The molecule has 1 aliphatic heterocycles. The molecule has 0 aliphatic carbocycles. The van der Waals surface area contributed by atoms with Crippen molar-refractivity contribution in [2.45, 2.75) is 31.5 Å². The SMILES string of the molecule is O=C(O)c1ccc(C(F)(F)F)nc1OCC1CCCCO1. The minimum atomic E-state index is -4.66. The van der Waals surface area contributed by atoms with E-state index in [4.69, 9.17) is 14.6 Å². The summed E-state index contributed by atoms with van der Waals surface area (Å²) in [5.74, 6) is -1.93. The van der Waals surface area contributed by atoms with E-state index in [1.54, 1.807) is 0 Å². The second-order valence-corrected chi connectivity index (χ2v) is 4.65. The van der Waals surface area contributed by atoms with Crippen LogP contribution in [0.25, 0.3) is 0 Å². The van der Waals surface area contributed by atoms with Crippen molar-refractivity contribution < 1.29 is 32.5 Å². The lowest BCUT2D eigenvalue weighted by molar-refractivity contribution is -0.141. The Kier molecular flexibility index (Phi) is 4.66. The summed E-state index contributed by atoms with van der Waals surface area (Å²) < 4.78 is 48.3. The highest BCUT2D eigenvalue weighted by molar-refractivity contribution is 5.90. The first-order valence-corrected chi connectivity index (χ1v) is 6.44. The number of rotatable bonds is 4. The molecule has 1 unspecified atom stereocenters. The predicted molar refractivity (Wildman–Crippen MR) is 65.3 cm³/mol. The number of halogens is 3. The van der Waals surface area contributed by atoms with Gasteiger partial charge in [0.25, 0.3) is 0 Å². The van der Waals surface area contributed by atoms with E-state index in [1.165, 1.54) is 0 Å². The van der Waals surface area contributed by atoms with Gasteiger partial charge >= 0.3 is 12.1 Å². The van der Waals surface area contributed by atoms with Crippen molar-refractivity contribution in [2.75, 3.05) is 13.2 Å². The molecular weight excluding hydrogens is 291 g/mol. The average Bonchev–Trinajstić information content (AvgIpc) is 2.45. The predicted octanol–water partition coefficient (Wildman–Crippen LogP) is 2.75. The smallest absolute Gasteiger partial charge is 0.433 e. The number of aromatic carboxylic acids is 1. The zero-order valence-electron chi connectivity index (χ0n) is 11.0. The monoisotopic (exact) mass is 305 g/mol. The topological polar surface area (TPSA) is 68.7 Å². The number of carbonyl (C=O) groups is 1. The van der Waals surface area contributed by atoms with Crippen molar-refractivity contribution >= 4 is 5.97 Å². The first-order valence-electron chi connectivity index (χ1n) is 6.44. The number of carboxylic acid groups (broad SMARTS) is 1. The van der Waals surface area contributed by atoms with Crippen molar-refractivity contribution in [3.8, 4) is 5.88 Å². The van der Waals surface area contributed by atoms with Gasteiger partial charge in [0.2, 0.25) is 5.88 Å². The number of carboxylic acids is 1. The number of ether oxygens (including phenoxy) is 2. The van der Waals surface area contributed by atoms with Gasteiger partial charge in [-0.05, 0) is 31.4 Å². The van der Waals surface area contributed by atoms with Crippen molar-refractivity contribution in [1.29, 1.82) is 0 Å². The molecule has 0 aromatic carbocycles. The Bertz CT molecular complexity index is 513. The van der Waals surface area contributed by atoms with Crippen LogP contribution in [0, 0.1) is 0 Å². The van der Waals surface area contributed by atoms with Crippen LogP contribution in [0.3, 0.4) is 0 Å². The fourth-order valence-electron chi connectivity index (χ4n) is 1.98. The van der Waals surface area contributed by atoms with Crippen LogP contribution in [0.15, 0.2) is 12.1 Å². The Morgan fingerprint density at radius 2 is 2.19 bits per heavy atom. The number of hydrogen-bond acceptors (Lipinski definition) is 4. The van der Waals surface area contributed by atoms with Gasteiger partial charge in [-0.2, -0.15) is 13.2 Å². The molecule has 1 N–H and O–H groups in total. The lowest BCUT2D eigenvalue weighted by Gasteiger charge is -2.22. The van der Waals surface area contributed by atoms with E-state index >= 15 is 0 Å². The molecule has 2 rings (SSSR count). The Labute approximate surface area is 118 Å². The Morgan fingerprint density at radius 1 is 1.43 bits per heavy atom. The second-order valence-electron chi connectivity index (χ2n) is 4.65. The summed E-state index contributed by atoms with van der Waals surface area (Å²) in [4.78, 5) is 14.3. The number of pyridine rings is 1. The molecule has 1 aliphatic rings. The van der Waals surface area contributed by atoms with Gasteiger partial charge in [-0.25, -0.2) is 9.78 Å². The molecule has 8 heteroatoms. The molecule has 0 bridgehead atoms. The van der Waals surface area contributed by atoms with E-state index in [0.29, 0.717) is 12.7 Å². The van der Waals surface area contributed by atoms with Crippen LogP contribution in [0.2, 0.25) is 0 Å². The molecule has 1 atom stereocenters. The fraction of sp³-hybridized carbons (Fsp3) is 0.538. The lowest BCUT2D eigenvalue weighted by atomic mass is 10.1. The maximum absolute atomic E-state index is 12.6. The van der Waals surface area contributed by atoms with Gasteiger partial charge in [0.05, 0.1) is 6.10 Å². The third-order valence-electron chi connectivity index (χ3n) is 3.06. The highest BCUT2D eigenvalue weighted by atomic mass is 19.4. The zero-order chi connectivity index (χ0) is 15.5. The third kappa shape index (κ3) is 4.07. The fourth-order valence-corrected chi connectivity index (χ4v) is 1.98. The van der Waals surface area contributed by atoms with Crippen molar-refractivity contribution in [3.05, 3.63) is 23.4 Å². The summed E-state index contributed by atoms with van der Waals surface area (Å²) in [7, 11) is 0. The largest absolute Gasteiger partial charge is 0.477 e. The highest BCUT2D eigenvalue weighted by Gasteiger charge is 2.34. The highest BCUT2D eigenvalue weighted by Crippen LogP contribution is 2.30. The number of hydrogen-bond donors (Lipinski definition) is 1. The minimum Gasteiger partial charge on any atom is -0.477 e. The molecule has 0 radical (unpaired) electrons. The molecule has 116 valence electrons. The molecule has 1 aromatic heterocycles. The number of aromatic nitrogens is 1. The van der Waals surface area contributed by atoms with Gasteiger partial charge in [-0.15, -0.1) is 0 Å². The van der Waals surface area contributed by atoms with Crippen LogP contribution in [0.4, 0.5) is 13.2 Å². The molecule has 0 amide bonds. The van der Waals surface area contributed by atoms with E-state index < -0.39 is 29.3 Å². The van der Waals surface area contributed by atoms with E-state index in [9.17, 15) is 18.0 Å². The van der Waals surface area contributed by atoms with E-state index in [-0.39, 0.29) is 12.7 Å². The molecular formula is C13H14F3NO4. The van der Waals surface area contributed by atoms with Gasteiger partial charge in [-0.3, -0.25) is 0 Å². The molecule has 5 nitrogen and oxygen atoms in total. The molecule has 1 aromatic rings. The summed E-state index contributed by atoms with van der Waals surface area (Å²) in [5, 5.41) is 8.96. The van der Waals surface area contributed by atoms with Gasteiger partial charge in [0.15, 0.2) is 0 Å². The van der Waals surface area contributed by atoms with E-state index in [1.807, 2.05) is 0 Å². The Hall–Kier alpha value is -1.83. The summed E-state index contributed by atoms with van der Waals surface area (Å²) in [6.07, 6.45) is -2.32.